The molecule has 0 atom stereocenters. The van der Waals surface area contributed by atoms with E-state index in [9.17, 15) is 0 Å². The van der Waals surface area contributed by atoms with Gasteiger partial charge in [0.25, 0.3) is 0 Å². The summed E-state index contributed by atoms with van der Waals surface area (Å²) in [6.07, 6.45) is 2.44. The van der Waals surface area contributed by atoms with Crippen LogP contribution in [-0.4, -0.2) is 34.6 Å². The highest BCUT2D eigenvalue weighted by molar-refractivity contribution is 5.78. The van der Waals surface area contributed by atoms with Gasteiger partial charge in [-0.3, -0.25) is 0 Å². The fraction of sp³-hybridized carbons (Fsp3) is 0.533. The van der Waals surface area contributed by atoms with Crippen molar-refractivity contribution in [3.05, 3.63) is 24.3 Å². The number of aromatic nitrogens is 2. The van der Waals surface area contributed by atoms with Gasteiger partial charge >= 0.3 is 0 Å². The van der Waals surface area contributed by atoms with Crippen LogP contribution in [0.1, 0.15) is 19.8 Å². The Kier molecular flexibility index (Phi) is 2.97. The molecule has 102 valence electrons. The summed E-state index contributed by atoms with van der Waals surface area (Å²) in [4.78, 5) is 6.85. The smallest absolute Gasteiger partial charge is 0.201 e. The van der Waals surface area contributed by atoms with E-state index in [0.29, 0.717) is 11.4 Å². The molecule has 1 saturated heterocycles. The molecule has 2 N–H and O–H groups in total. The Morgan fingerprint density at radius 1 is 1.26 bits per heavy atom. The molecule has 0 bridgehead atoms. The Morgan fingerprint density at radius 3 is 2.68 bits per heavy atom. The number of nitrogens with two attached hydrogens (primary N) is 1. The van der Waals surface area contributed by atoms with Gasteiger partial charge in [-0.05, 0) is 50.5 Å². The van der Waals surface area contributed by atoms with Crippen molar-refractivity contribution in [3.8, 4) is 0 Å². The zero-order valence-corrected chi connectivity index (χ0v) is 11.8. The minimum absolute atomic E-state index is 0.324. The first-order valence-corrected chi connectivity index (χ1v) is 6.97. The molecule has 3 rings (SSSR count). The van der Waals surface area contributed by atoms with E-state index < -0.39 is 0 Å². The van der Waals surface area contributed by atoms with Crippen molar-refractivity contribution in [2.24, 2.45) is 5.41 Å². The van der Waals surface area contributed by atoms with Crippen molar-refractivity contribution in [2.45, 2.75) is 26.3 Å². The van der Waals surface area contributed by atoms with Crippen LogP contribution in [0.2, 0.25) is 0 Å². The molecule has 1 aromatic heterocycles. The predicted octanol–water partition coefficient (Wildman–Crippen LogP) is 2.35. The molecule has 4 nitrogen and oxygen atoms in total. The Balaban J connectivity index is 1.91. The van der Waals surface area contributed by atoms with Crippen LogP contribution in [-0.2, 0) is 6.54 Å². The lowest BCUT2D eigenvalue weighted by Crippen LogP contribution is -2.38. The first kappa shape index (κ1) is 12.5. The first-order chi connectivity index (χ1) is 9.07. The summed E-state index contributed by atoms with van der Waals surface area (Å²) in [5.41, 5.74) is 8.57. The number of anilines is 1. The maximum atomic E-state index is 6.10. The van der Waals surface area contributed by atoms with Crippen LogP contribution >= 0.6 is 0 Å². The van der Waals surface area contributed by atoms with E-state index >= 15 is 0 Å². The van der Waals surface area contributed by atoms with Gasteiger partial charge in [0, 0.05) is 6.54 Å². The standard InChI is InChI=1S/C15H22N4/c1-15(7-9-18(2)10-8-15)11-19-13-6-4-3-5-12(13)17-14(19)16/h3-6H,7-11H2,1-2H3,(H2,16,17). The summed E-state index contributed by atoms with van der Waals surface area (Å²) in [7, 11) is 2.19. The van der Waals surface area contributed by atoms with E-state index in [4.69, 9.17) is 5.73 Å². The second kappa shape index (κ2) is 4.53. The van der Waals surface area contributed by atoms with E-state index in [-0.39, 0.29) is 0 Å². The Hall–Kier alpha value is -1.55. The van der Waals surface area contributed by atoms with Gasteiger partial charge in [-0.15, -0.1) is 0 Å². The van der Waals surface area contributed by atoms with E-state index in [1.54, 1.807) is 0 Å². The molecule has 2 heterocycles. The molecule has 1 aliphatic heterocycles. The van der Waals surface area contributed by atoms with Crippen molar-refractivity contribution in [1.29, 1.82) is 0 Å². The minimum atomic E-state index is 0.324. The molecule has 1 fully saturated rings. The van der Waals surface area contributed by atoms with Crippen LogP contribution in [0, 0.1) is 5.41 Å². The lowest BCUT2D eigenvalue weighted by molar-refractivity contribution is 0.122. The minimum Gasteiger partial charge on any atom is -0.369 e. The second-order valence-electron chi connectivity index (χ2n) is 6.16. The highest BCUT2D eigenvalue weighted by Crippen LogP contribution is 2.34. The van der Waals surface area contributed by atoms with E-state index in [2.05, 4.69) is 40.6 Å². The summed E-state index contributed by atoms with van der Waals surface area (Å²) in [5, 5.41) is 0. The van der Waals surface area contributed by atoms with Crippen LogP contribution in [0.5, 0.6) is 0 Å². The predicted molar refractivity (Wildman–Crippen MR) is 79.0 cm³/mol. The summed E-state index contributed by atoms with van der Waals surface area (Å²) in [6, 6.07) is 8.20. The second-order valence-corrected chi connectivity index (χ2v) is 6.16. The summed E-state index contributed by atoms with van der Waals surface area (Å²) in [5.74, 6) is 0.640. The third-order valence-electron chi connectivity index (χ3n) is 4.42. The third kappa shape index (κ3) is 2.32. The fourth-order valence-corrected chi connectivity index (χ4v) is 2.96. The van der Waals surface area contributed by atoms with E-state index in [1.165, 1.54) is 25.9 Å². The topological polar surface area (TPSA) is 47.1 Å². The monoisotopic (exact) mass is 258 g/mol. The van der Waals surface area contributed by atoms with Crippen LogP contribution in [0.15, 0.2) is 24.3 Å². The molecular weight excluding hydrogens is 236 g/mol. The van der Waals surface area contributed by atoms with Gasteiger partial charge in [0.05, 0.1) is 11.0 Å². The van der Waals surface area contributed by atoms with Gasteiger partial charge in [0.15, 0.2) is 0 Å². The van der Waals surface area contributed by atoms with Crippen LogP contribution in [0.25, 0.3) is 11.0 Å². The van der Waals surface area contributed by atoms with Crippen LogP contribution in [0.3, 0.4) is 0 Å². The van der Waals surface area contributed by atoms with Gasteiger partial charge in [0.1, 0.15) is 0 Å². The van der Waals surface area contributed by atoms with Gasteiger partial charge in [0.2, 0.25) is 5.95 Å². The molecule has 2 aromatic rings. The molecule has 0 saturated carbocycles. The molecule has 1 aromatic carbocycles. The van der Waals surface area contributed by atoms with Gasteiger partial charge in [-0.1, -0.05) is 19.1 Å². The largest absolute Gasteiger partial charge is 0.369 e. The number of imidazole rings is 1. The molecule has 4 heteroatoms. The lowest BCUT2D eigenvalue weighted by atomic mass is 9.80. The number of nitrogens with zero attached hydrogens (tertiary/aromatic N) is 3. The number of hydrogen-bond acceptors (Lipinski definition) is 3. The van der Waals surface area contributed by atoms with Crippen molar-refractivity contribution < 1.29 is 0 Å². The molecule has 0 unspecified atom stereocenters. The number of piperidine rings is 1. The van der Waals surface area contributed by atoms with E-state index in [1.807, 2.05) is 12.1 Å². The van der Waals surface area contributed by atoms with Gasteiger partial charge in [-0.2, -0.15) is 0 Å². The summed E-state index contributed by atoms with van der Waals surface area (Å²) >= 11 is 0. The average molecular weight is 258 g/mol. The van der Waals surface area contributed by atoms with Crippen LogP contribution in [0.4, 0.5) is 5.95 Å². The Bertz CT molecular complexity index is 579. The number of benzene rings is 1. The molecule has 0 amide bonds. The number of para-hydroxylation sites is 2. The van der Waals surface area contributed by atoms with Crippen molar-refractivity contribution >= 4 is 17.0 Å². The number of likely N-dealkylation sites (tertiary alicyclic amines) is 1. The molecule has 1 aliphatic rings. The molecule has 0 radical (unpaired) electrons. The van der Waals surface area contributed by atoms with Crippen molar-refractivity contribution in [1.82, 2.24) is 14.5 Å². The maximum absolute atomic E-state index is 6.10. The van der Waals surface area contributed by atoms with Crippen molar-refractivity contribution in [3.63, 3.8) is 0 Å². The van der Waals surface area contributed by atoms with Crippen LogP contribution < -0.4 is 5.73 Å². The molecular formula is C15H22N4. The normalized spacial score (nSPS) is 19.9. The number of rotatable bonds is 2. The Labute approximate surface area is 114 Å². The quantitative estimate of drug-likeness (QED) is 0.899. The van der Waals surface area contributed by atoms with Crippen molar-refractivity contribution in [2.75, 3.05) is 25.9 Å². The fourth-order valence-electron chi connectivity index (χ4n) is 2.96. The first-order valence-electron chi connectivity index (χ1n) is 6.97. The summed E-state index contributed by atoms with van der Waals surface area (Å²) < 4.78 is 2.18. The van der Waals surface area contributed by atoms with E-state index in [0.717, 1.165) is 17.6 Å². The molecule has 0 aliphatic carbocycles. The Morgan fingerprint density at radius 2 is 1.95 bits per heavy atom. The molecule has 0 spiro atoms. The lowest BCUT2D eigenvalue weighted by Gasteiger charge is -2.38. The number of hydrogen-bond donors (Lipinski definition) is 1. The highest BCUT2D eigenvalue weighted by atomic mass is 15.2. The van der Waals surface area contributed by atoms with Gasteiger partial charge in [-0.25, -0.2) is 4.98 Å². The number of nitrogen functional groups attached to an aromatic ring is 1. The molecule has 19 heavy (non-hydrogen) atoms. The maximum Gasteiger partial charge on any atom is 0.201 e. The van der Waals surface area contributed by atoms with Gasteiger partial charge < -0.3 is 15.2 Å². The zero-order chi connectivity index (χ0) is 13.5. The zero-order valence-electron chi connectivity index (χ0n) is 11.8. The summed E-state index contributed by atoms with van der Waals surface area (Å²) in [6.45, 7) is 5.67. The third-order valence-corrected chi connectivity index (χ3v) is 4.42. The average Bonchev–Trinajstić information content (AvgIpc) is 2.70. The highest BCUT2D eigenvalue weighted by Gasteiger charge is 2.30. The SMILES string of the molecule is CN1CCC(C)(Cn2c(N)nc3ccccc32)CC1. The number of fused-ring (bicyclic) bond motifs is 1.